The molecule has 1 aliphatic rings. The number of carbonyl (C=O) groups is 1. The molecule has 0 aliphatic carbocycles. The van der Waals surface area contributed by atoms with Crippen LogP contribution in [0.5, 0.6) is 0 Å². The molecule has 1 aliphatic heterocycles. The number of imidazole rings is 1. The Morgan fingerprint density at radius 1 is 1.00 bits per heavy atom. The van der Waals surface area contributed by atoms with Crippen LogP contribution in [0, 0.1) is 0 Å². The van der Waals surface area contributed by atoms with Crippen molar-refractivity contribution in [2.24, 2.45) is 0 Å². The van der Waals surface area contributed by atoms with Gasteiger partial charge in [0.05, 0.1) is 18.7 Å². The van der Waals surface area contributed by atoms with E-state index < -0.39 is 0 Å². The molecule has 0 bridgehead atoms. The van der Waals surface area contributed by atoms with Crippen LogP contribution in [-0.2, 0) is 17.8 Å². The molecule has 0 saturated carbocycles. The molecule has 6 heteroatoms. The van der Waals surface area contributed by atoms with E-state index in [1.165, 1.54) is 0 Å². The molecule has 1 saturated heterocycles. The number of hydrogen-bond acceptors (Lipinski definition) is 4. The summed E-state index contributed by atoms with van der Waals surface area (Å²) >= 11 is 0. The number of carbonyl (C=O) groups excluding carboxylic acids is 1. The molecule has 0 N–H and O–H groups in total. The van der Waals surface area contributed by atoms with E-state index >= 15 is 0 Å². The van der Waals surface area contributed by atoms with Gasteiger partial charge in [-0.05, 0) is 37.1 Å². The van der Waals surface area contributed by atoms with Gasteiger partial charge >= 0.3 is 0 Å². The SMILES string of the molecule is O=C(Cc1ccccn1)N1CCC[C@@H](c2nccn2Cc2ccccn2)C1. The van der Waals surface area contributed by atoms with Crippen LogP contribution < -0.4 is 0 Å². The second-order valence-electron chi connectivity index (χ2n) is 6.91. The molecule has 4 heterocycles. The predicted molar refractivity (Wildman–Crippen MR) is 102 cm³/mol. The van der Waals surface area contributed by atoms with Gasteiger partial charge in [-0.2, -0.15) is 0 Å². The summed E-state index contributed by atoms with van der Waals surface area (Å²) < 4.78 is 2.15. The molecular formula is C21H23N5O. The summed E-state index contributed by atoms with van der Waals surface area (Å²) in [7, 11) is 0. The summed E-state index contributed by atoms with van der Waals surface area (Å²) in [5.41, 5.74) is 1.83. The molecule has 0 unspecified atom stereocenters. The molecular weight excluding hydrogens is 338 g/mol. The minimum Gasteiger partial charge on any atom is -0.342 e. The van der Waals surface area contributed by atoms with Crippen LogP contribution in [0.2, 0.25) is 0 Å². The molecule has 0 radical (unpaired) electrons. The van der Waals surface area contributed by atoms with Crippen molar-refractivity contribution in [1.29, 1.82) is 0 Å². The van der Waals surface area contributed by atoms with Crippen molar-refractivity contribution in [3.05, 3.63) is 78.4 Å². The smallest absolute Gasteiger partial charge is 0.228 e. The Bertz CT molecular complexity index is 878. The number of hydrogen-bond donors (Lipinski definition) is 0. The molecule has 3 aromatic rings. The van der Waals surface area contributed by atoms with Gasteiger partial charge in [0.1, 0.15) is 5.82 Å². The Kier molecular flexibility index (Phi) is 5.23. The predicted octanol–water partition coefficient (Wildman–Crippen LogP) is 2.67. The average Bonchev–Trinajstić information content (AvgIpc) is 3.18. The van der Waals surface area contributed by atoms with Gasteiger partial charge in [-0.25, -0.2) is 4.98 Å². The Morgan fingerprint density at radius 3 is 2.52 bits per heavy atom. The van der Waals surface area contributed by atoms with Crippen LogP contribution >= 0.6 is 0 Å². The third-order valence-corrected chi connectivity index (χ3v) is 5.00. The summed E-state index contributed by atoms with van der Waals surface area (Å²) in [6, 6.07) is 11.6. The van der Waals surface area contributed by atoms with Crippen molar-refractivity contribution in [3.63, 3.8) is 0 Å². The second-order valence-corrected chi connectivity index (χ2v) is 6.91. The van der Waals surface area contributed by atoms with Gasteiger partial charge in [-0.1, -0.05) is 12.1 Å². The maximum Gasteiger partial charge on any atom is 0.228 e. The van der Waals surface area contributed by atoms with Gasteiger partial charge < -0.3 is 9.47 Å². The number of piperidine rings is 1. The molecule has 0 aromatic carbocycles. The van der Waals surface area contributed by atoms with Gasteiger partial charge in [0.15, 0.2) is 0 Å². The Hall–Kier alpha value is -3.02. The van der Waals surface area contributed by atoms with Gasteiger partial charge in [0.2, 0.25) is 5.91 Å². The highest BCUT2D eigenvalue weighted by Gasteiger charge is 2.27. The van der Waals surface area contributed by atoms with Crippen molar-refractivity contribution in [3.8, 4) is 0 Å². The van der Waals surface area contributed by atoms with E-state index in [4.69, 9.17) is 0 Å². The minimum absolute atomic E-state index is 0.140. The number of rotatable bonds is 5. The average molecular weight is 361 g/mol. The maximum atomic E-state index is 12.7. The standard InChI is InChI=1S/C21H23N5O/c27-20(14-18-7-1-3-9-22-18)25-12-5-6-17(15-25)21-24-11-13-26(21)16-19-8-2-4-10-23-19/h1-4,7-11,13,17H,5-6,12,14-16H2/t17-/m1/s1. The van der Waals surface area contributed by atoms with Crippen molar-refractivity contribution in [1.82, 2.24) is 24.4 Å². The van der Waals surface area contributed by atoms with Crippen molar-refractivity contribution in [2.45, 2.75) is 31.7 Å². The molecule has 3 aromatic heterocycles. The van der Waals surface area contributed by atoms with Crippen LogP contribution in [-0.4, -0.2) is 43.4 Å². The third-order valence-electron chi connectivity index (χ3n) is 5.00. The van der Waals surface area contributed by atoms with E-state index in [-0.39, 0.29) is 11.8 Å². The third kappa shape index (κ3) is 4.22. The molecule has 138 valence electrons. The lowest BCUT2D eigenvalue weighted by Crippen LogP contribution is -2.40. The number of nitrogens with zero attached hydrogens (tertiary/aromatic N) is 5. The van der Waals surface area contributed by atoms with Gasteiger partial charge in [0, 0.05) is 49.5 Å². The Balaban J connectivity index is 1.44. The largest absolute Gasteiger partial charge is 0.342 e. The fourth-order valence-electron chi connectivity index (χ4n) is 3.66. The number of likely N-dealkylation sites (tertiary alicyclic amines) is 1. The van der Waals surface area contributed by atoms with Gasteiger partial charge in [0.25, 0.3) is 0 Å². The zero-order chi connectivity index (χ0) is 18.5. The molecule has 0 spiro atoms. The zero-order valence-electron chi connectivity index (χ0n) is 15.2. The second kappa shape index (κ2) is 8.12. The summed E-state index contributed by atoms with van der Waals surface area (Å²) in [5, 5.41) is 0. The van der Waals surface area contributed by atoms with Crippen molar-refractivity contribution in [2.75, 3.05) is 13.1 Å². The topological polar surface area (TPSA) is 63.9 Å². The minimum atomic E-state index is 0.140. The van der Waals surface area contributed by atoms with Gasteiger partial charge in [-0.15, -0.1) is 0 Å². The highest BCUT2D eigenvalue weighted by Crippen LogP contribution is 2.26. The summed E-state index contributed by atoms with van der Waals surface area (Å²) in [6.45, 7) is 2.22. The molecule has 4 rings (SSSR count). The quantitative estimate of drug-likeness (QED) is 0.701. The first kappa shape index (κ1) is 17.4. The zero-order valence-corrected chi connectivity index (χ0v) is 15.2. The first-order valence-corrected chi connectivity index (χ1v) is 9.38. The number of pyridine rings is 2. The summed E-state index contributed by atoms with van der Waals surface area (Å²) in [5.74, 6) is 1.43. The lowest BCUT2D eigenvalue weighted by atomic mass is 9.96. The van der Waals surface area contributed by atoms with E-state index in [2.05, 4.69) is 19.5 Å². The highest BCUT2D eigenvalue weighted by atomic mass is 16.2. The van der Waals surface area contributed by atoms with E-state index in [1.807, 2.05) is 59.9 Å². The fourth-order valence-corrected chi connectivity index (χ4v) is 3.66. The molecule has 6 nitrogen and oxygen atoms in total. The molecule has 1 atom stereocenters. The van der Waals surface area contributed by atoms with Crippen molar-refractivity contribution < 1.29 is 4.79 Å². The maximum absolute atomic E-state index is 12.7. The van der Waals surface area contributed by atoms with Crippen LogP contribution in [0.15, 0.2) is 61.2 Å². The van der Waals surface area contributed by atoms with Crippen molar-refractivity contribution >= 4 is 5.91 Å². The summed E-state index contributed by atoms with van der Waals surface area (Å²) in [6.07, 6.45) is 9.78. The fraction of sp³-hybridized carbons (Fsp3) is 0.333. The van der Waals surface area contributed by atoms with Gasteiger partial charge in [-0.3, -0.25) is 14.8 Å². The number of amides is 1. The van der Waals surface area contributed by atoms with Crippen LogP contribution in [0.1, 0.15) is 36.0 Å². The van der Waals surface area contributed by atoms with Crippen LogP contribution in [0.4, 0.5) is 0 Å². The lowest BCUT2D eigenvalue weighted by molar-refractivity contribution is -0.131. The van der Waals surface area contributed by atoms with E-state index in [9.17, 15) is 4.79 Å². The highest BCUT2D eigenvalue weighted by molar-refractivity contribution is 5.78. The first-order chi connectivity index (χ1) is 13.3. The Morgan fingerprint density at radius 2 is 1.78 bits per heavy atom. The molecule has 1 fully saturated rings. The lowest BCUT2D eigenvalue weighted by Gasteiger charge is -2.32. The van der Waals surface area contributed by atoms with Crippen LogP contribution in [0.25, 0.3) is 0 Å². The molecule has 27 heavy (non-hydrogen) atoms. The van der Waals surface area contributed by atoms with E-state index in [1.54, 1.807) is 6.20 Å². The van der Waals surface area contributed by atoms with Crippen LogP contribution in [0.3, 0.4) is 0 Å². The molecule has 1 amide bonds. The normalized spacial score (nSPS) is 17.0. The first-order valence-electron chi connectivity index (χ1n) is 9.38. The van der Waals surface area contributed by atoms with E-state index in [0.29, 0.717) is 19.5 Å². The summed E-state index contributed by atoms with van der Waals surface area (Å²) in [4.78, 5) is 27.9. The number of aromatic nitrogens is 4. The Labute approximate surface area is 158 Å². The van der Waals surface area contributed by atoms with E-state index in [0.717, 1.165) is 36.6 Å². The monoisotopic (exact) mass is 361 g/mol.